The molecular weight excluding hydrogens is 240 g/mol. The standard InChI is InChI=1S/C14H24N4O/c1-3-11-19-13-7-10-16-14(17-13)18(2)12-5-4-8-15-9-6-12/h7,10,12,15H,3-6,8-9,11H2,1-2H3. The van der Waals surface area contributed by atoms with Gasteiger partial charge in [0.05, 0.1) is 6.61 Å². The molecule has 1 aliphatic heterocycles. The van der Waals surface area contributed by atoms with Crippen LogP contribution < -0.4 is 15.0 Å². The van der Waals surface area contributed by atoms with Gasteiger partial charge in [0, 0.05) is 25.4 Å². The lowest BCUT2D eigenvalue weighted by atomic mass is 10.1. The molecule has 5 nitrogen and oxygen atoms in total. The van der Waals surface area contributed by atoms with Gasteiger partial charge in [-0.1, -0.05) is 6.92 Å². The van der Waals surface area contributed by atoms with Crippen LogP contribution in [-0.4, -0.2) is 42.8 Å². The van der Waals surface area contributed by atoms with E-state index < -0.39 is 0 Å². The predicted octanol–water partition coefficient (Wildman–Crippen LogP) is 1.84. The molecule has 1 N–H and O–H groups in total. The molecule has 1 aromatic rings. The van der Waals surface area contributed by atoms with Crippen molar-refractivity contribution >= 4 is 5.95 Å². The number of ether oxygens (including phenoxy) is 1. The molecule has 5 heteroatoms. The normalized spacial score (nSPS) is 19.8. The first-order valence-corrected chi connectivity index (χ1v) is 7.20. The number of nitrogens with one attached hydrogen (secondary N) is 1. The average Bonchev–Trinajstić information content (AvgIpc) is 2.73. The Kier molecular flexibility index (Phi) is 5.39. The maximum absolute atomic E-state index is 5.57. The summed E-state index contributed by atoms with van der Waals surface area (Å²) in [6.07, 6.45) is 6.30. The molecule has 1 aliphatic rings. The van der Waals surface area contributed by atoms with Gasteiger partial charge in [0.1, 0.15) is 0 Å². The summed E-state index contributed by atoms with van der Waals surface area (Å²) in [5.41, 5.74) is 0. The molecule has 19 heavy (non-hydrogen) atoms. The van der Waals surface area contributed by atoms with Crippen LogP contribution in [0.2, 0.25) is 0 Å². The number of aromatic nitrogens is 2. The number of hydrogen-bond donors (Lipinski definition) is 1. The van der Waals surface area contributed by atoms with Gasteiger partial charge in [-0.3, -0.25) is 0 Å². The summed E-state index contributed by atoms with van der Waals surface area (Å²) in [7, 11) is 2.08. The Labute approximate surface area is 115 Å². The largest absolute Gasteiger partial charge is 0.478 e. The molecule has 0 amide bonds. The Morgan fingerprint density at radius 2 is 2.32 bits per heavy atom. The fourth-order valence-electron chi connectivity index (χ4n) is 2.34. The van der Waals surface area contributed by atoms with Crippen molar-refractivity contribution in [3.8, 4) is 5.88 Å². The van der Waals surface area contributed by atoms with Gasteiger partial charge in [-0.25, -0.2) is 4.98 Å². The van der Waals surface area contributed by atoms with Crippen LogP contribution in [0, 0.1) is 0 Å². The number of hydrogen-bond acceptors (Lipinski definition) is 5. The van der Waals surface area contributed by atoms with Crippen LogP contribution in [0.5, 0.6) is 5.88 Å². The Morgan fingerprint density at radius 1 is 1.42 bits per heavy atom. The predicted molar refractivity (Wildman–Crippen MR) is 76.7 cm³/mol. The Hall–Kier alpha value is -1.36. The highest BCUT2D eigenvalue weighted by Gasteiger charge is 2.19. The summed E-state index contributed by atoms with van der Waals surface area (Å²) >= 11 is 0. The molecule has 0 aliphatic carbocycles. The molecule has 1 saturated heterocycles. The van der Waals surface area contributed by atoms with Gasteiger partial charge in [-0.15, -0.1) is 0 Å². The van der Waals surface area contributed by atoms with Crippen LogP contribution in [0.4, 0.5) is 5.95 Å². The average molecular weight is 264 g/mol. The van der Waals surface area contributed by atoms with E-state index >= 15 is 0 Å². The summed E-state index contributed by atoms with van der Waals surface area (Å²) in [4.78, 5) is 11.0. The Morgan fingerprint density at radius 3 is 3.16 bits per heavy atom. The highest BCUT2D eigenvalue weighted by molar-refractivity contribution is 5.32. The van der Waals surface area contributed by atoms with E-state index in [0.29, 0.717) is 18.5 Å². The third-order valence-corrected chi connectivity index (χ3v) is 3.48. The first kappa shape index (κ1) is 14.1. The monoisotopic (exact) mass is 264 g/mol. The summed E-state index contributed by atoms with van der Waals surface area (Å²) in [6.45, 7) is 4.98. The van der Waals surface area contributed by atoms with Crippen molar-refractivity contribution in [3.05, 3.63) is 12.3 Å². The summed E-state index contributed by atoms with van der Waals surface area (Å²) < 4.78 is 5.57. The van der Waals surface area contributed by atoms with E-state index in [1.807, 2.05) is 6.07 Å². The van der Waals surface area contributed by atoms with Gasteiger partial charge >= 0.3 is 0 Å². The molecule has 1 unspecified atom stereocenters. The van der Waals surface area contributed by atoms with E-state index in [9.17, 15) is 0 Å². The molecule has 2 rings (SSSR count). The molecular formula is C14H24N4O. The molecule has 0 spiro atoms. The lowest BCUT2D eigenvalue weighted by Crippen LogP contribution is -2.33. The first-order valence-electron chi connectivity index (χ1n) is 7.20. The molecule has 2 heterocycles. The van der Waals surface area contributed by atoms with E-state index in [2.05, 4.69) is 34.2 Å². The summed E-state index contributed by atoms with van der Waals surface area (Å²) in [5.74, 6) is 1.44. The maximum atomic E-state index is 5.57. The zero-order chi connectivity index (χ0) is 13.5. The molecule has 0 bridgehead atoms. The van der Waals surface area contributed by atoms with Crippen molar-refractivity contribution < 1.29 is 4.74 Å². The van der Waals surface area contributed by atoms with Crippen molar-refractivity contribution in [1.82, 2.24) is 15.3 Å². The lowest BCUT2D eigenvalue weighted by molar-refractivity contribution is 0.304. The van der Waals surface area contributed by atoms with Crippen LogP contribution in [0.1, 0.15) is 32.6 Å². The van der Waals surface area contributed by atoms with Gasteiger partial charge in [-0.05, 0) is 38.8 Å². The van der Waals surface area contributed by atoms with Crippen LogP contribution >= 0.6 is 0 Å². The third-order valence-electron chi connectivity index (χ3n) is 3.48. The summed E-state index contributed by atoms with van der Waals surface area (Å²) in [5, 5.41) is 3.43. The third kappa shape index (κ3) is 4.06. The minimum atomic E-state index is 0.511. The zero-order valence-electron chi connectivity index (χ0n) is 11.9. The van der Waals surface area contributed by atoms with Crippen molar-refractivity contribution in [1.29, 1.82) is 0 Å². The lowest BCUT2D eigenvalue weighted by Gasteiger charge is -2.27. The van der Waals surface area contributed by atoms with Crippen LogP contribution in [-0.2, 0) is 0 Å². The molecule has 106 valence electrons. The Balaban J connectivity index is 2.02. The highest BCUT2D eigenvalue weighted by atomic mass is 16.5. The smallest absolute Gasteiger partial charge is 0.228 e. The van der Waals surface area contributed by atoms with Gasteiger partial charge in [-0.2, -0.15) is 4.98 Å². The van der Waals surface area contributed by atoms with Gasteiger partial charge < -0.3 is 15.0 Å². The van der Waals surface area contributed by atoms with E-state index in [4.69, 9.17) is 4.74 Å². The number of anilines is 1. The fourth-order valence-corrected chi connectivity index (χ4v) is 2.34. The van der Waals surface area contributed by atoms with Gasteiger partial charge in [0.2, 0.25) is 11.8 Å². The van der Waals surface area contributed by atoms with E-state index in [-0.39, 0.29) is 0 Å². The minimum absolute atomic E-state index is 0.511. The van der Waals surface area contributed by atoms with Crippen molar-refractivity contribution in [3.63, 3.8) is 0 Å². The quantitative estimate of drug-likeness (QED) is 0.879. The van der Waals surface area contributed by atoms with Crippen molar-refractivity contribution in [2.45, 2.75) is 38.6 Å². The second kappa shape index (κ2) is 7.28. The molecule has 0 radical (unpaired) electrons. The molecule has 0 aromatic carbocycles. The van der Waals surface area contributed by atoms with Gasteiger partial charge in [0.25, 0.3) is 0 Å². The minimum Gasteiger partial charge on any atom is -0.478 e. The van der Waals surface area contributed by atoms with Crippen LogP contribution in [0.25, 0.3) is 0 Å². The summed E-state index contributed by atoms with van der Waals surface area (Å²) in [6, 6.07) is 2.33. The second-order valence-corrected chi connectivity index (χ2v) is 4.99. The van der Waals surface area contributed by atoms with Gasteiger partial charge in [0.15, 0.2) is 0 Å². The molecule has 0 saturated carbocycles. The second-order valence-electron chi connectivity index (χ2n) is 4.99. The zero-order valence-corrected chi connectivity index (χ0v) is 11.9. The highest BCUT2D eigenvalue weighted by Crippen LogP contribution is 2.18. The molecule has 1 fully saturated rings. The van der Waals surface area contributed by atoms with Crippen LogP contribution in [0.3, 0.4) is 0 Å². The number of nitrogens with zero attached hydrogens (tertiary/aromatic N) is 3. The Bertz CT molecular complexity index is 377. The number of rotatable bonds is 5. The SMILES string of the molecule is CCCOc1ccnc(N(C)C2CCCNCC2)n1. The maximum Gasteiger partial charge on any atom is 0.228 e. The van der Waals surface area contributed by atoms with Crippen molar-refractivity contribution in [2.75, 3.05) is 31.6 Å². The van der Waals surface area contributed by atoms with E-state index in [0.717, 1.165) is 31.9 Å². The van der Waals surface area contributed by atoms with Crippen LogP contribution in [0.15, 0.2) is 12.3 Å². The molecule has 1 aromatic heterocycles. The first-order chi connectivity index (χ1) is 9.31. The van der Waals surface area contributed by atoms with E-state index in [1.54, 1.807) is 6.20 Å². The van der Waals surface area contributed by atoms with Crippen molar-refractivity contribution in [2.24, 2.45) is 0 Å². The molecule has 1 atom stereocenters. The van der Waals surface area contributed by atoms with E-state index in [1.165, 1.54) is 12.8 Å². The topological polar surface area (TPSA) is 50.3 Å². The fraction of sp³-hybridized carbons (Fsp3) is 0.714.